The highest BCUT2D eigenvalue weighted by Crippen LogP contribution is 2.15. The molecule has 1 N–H and O–H groups in total. The van der Waals surface area contributed by atoms with Gasteiger partial charge in [-0.2, -0.15) is 5.26 Å². The first-order valence-corrected chi connectivity index (χ1v) is 6.62. The van der Waals surface area contributed by atoms with E-state index >= 15 is 0 Å². The third-order valence-corrected chi connectivity index (χ3v) is 3.25. The molecule has 7 heteroatoms. The van der Waals surface area contributed by atoms with Crippen LogP contribution in [0.15, 0.2) is 41.3 Å². The Morgan fingerprint density at radius 3 is 2.65 bits per heavy atom. The molecule has 0 saturated carbocycles. The highest BCUT2D eigenvalue weighted by molar-refractivity contribution is 5.89. The molecule has 1 atom stereocenters. The maximum absolute atomic E-state index is 12.9. The summed E-state index contributed by atoms with van der Waals surface area (Å²) in [5, 5.41) is 19.1. The molecule has 0 aliphatic carbocycles. The Morgan fingerprint density at radius 2 is 2.09 bits per heavy atom. The van der Waals surface area contributed by atoms with E-state index in [0.29, 0.717) is 5.56 Å². The Kier molecular flexibility index (Phi) is 4.88. The molecule has 2 aromatic rings. The minimum Gasteiger partial charge on any atom is -0.465 e. The summed E-state index contributed by atoms with van der Waals surface area (Å²) < 4.78 is 18.5. The van der Waals surface area contributed by atoms with Crippen molar-refractivity contribution in [2.45, 2.75) is 12.6 Å². The first-order chi connectivity index (χ1) is 11.0. The number of esters is 1. The van der Waals surface area contributed by atoms with Crippen LogP contribution in [0.4, 0.5) is 4.39 Å². The highest BCUT2D eigenvalue weighted by atomic mass is 19.1. The molecular weight excluding hydrogens is 303 g/mol. The minimum atomic E-state index is -1.10. The summed E-state index contributed by atoms with van der Waals surface area (Å²) >= 11 is 0. The number of nitrogens with zero attached hydrogens (tertiary/aromatic N) is 2. The summed E-state index contributed by atoms with van der Waals surface area (Å²) in [6.07, 6.45) is 0.106. The predicted molar refractivity (Wildman–Crippen MR) is 78.1 cm³/mol. The largest absolute Gasteiger partial charge is 0.465 e. The topological polar surface area (TPSA) is 92.3 Å². The van der Waals surface area contributed by atoms with Gasteiger partial charge in [-0.05, 0) is 23.8 Å². The van der Waals surface area contributed by atoms with Crippen molar-refractivity contribution in [1.29, 1.82) is 5.26 Å². The Hall–Kier alpha value is -2.98. The average Bonchev–Trinajstić information content (AvgIpc) is 2.56. The molecule has 0 radical (unpaired) electrons. The van der Waals surface area contributed by atoms with Crippen LogP contribution in [0.2, 0.25) is 0 Å². The van der Waals surface area contributed by atoms with E-state index in [9.17, 15) is 19.1 Å². The van der Waals surface area contributed by atoms with Crippen molar-refractivity contribution in [3.05, 3.63) is 69.4 Å². The van der Waals surface area contributed by atoms with Gasteiger partial charge in [0.25, 0.3) is 5.56 Å². The molecule has 0 saturated heterocycles. The van der Waals surface area contributed by atoms with Gasteiger partial charge in [0.05, 0.1) is 25.3 Å². The first-order valence-electron chi connectivity index (χ1n) is 6.62. The molecular formula is C16H13FN2O4. The SMILES string of the molecule is COC(=O)c1cc(C#N)c(=O)n(CC(O)c2ccc(F)cc2)c1. The third kappa shape index (κ3) is 3.62. The van der Waals surface area contributed by atoms with Gasteiger partial charge in [0.1, 0.15) is 17.4 Å². The average molecular weight is 316 g/mol. The number of hydrogen-bond acceptors (Lipinski definition) is 5. The molecule has 1 unspecified atom stereocenters. The molecule has 1 heterocycles. The molecule has 118 valence electrons. The zero-order chi connectivity index (χ0) is 17.0. The molecule has 6 nitrogen and oxygen atoms in total. The molecule has 1 aromatic carbocycles. The molecule has 0 aliphatic rings. The second kappa shape index (κ2) is 6.85. The van der Waals surface area contributed by atoms with E-state index in [0.717, 1.165) is 10.6 Å². The van der Waals surface area contributed by atoms with Crippen molar-refractivity contribution in [3.63, 3.8) is 0 Å². The number of carbonyl (C=O) groups is 1. The molecule has 0 bridgehead atoms. The third-order valence-electron chi connectivity index (χ3n) is 3.25. The quantitative estimate of drug-likeness (QED) is 0.860. The number of aliphatic hydroxyl groups excluding tert-OH is 1. The number of hydrogen-bond donors (Lipinski definition) is 1. The molecule has 2 rings (SSSR count). The number of benzene rings is 1. The van der Waals surface area contributed by atoms with Crippen LogP contribution >= 0.6 is 0 Å². The fourth-order valence-electron chi connectivity index (χ4n) is 2.06. The number of aromatic nitrogens is 1. The molecule has 0 fully saturated rings. The first kappa shape index (κ1) is 16.4. The monoisotopic (exact) mass is 316 g/mol. The lowest BCUT2D eigenvalue weighted by Crippen LogP contribution is -2.26. The van der Waals surface area contributed by atoms with E-state index in [-0.39, 0.29) is 17.7 Å². The summed E-state index contributed by atoms with van der Waals surface area (Å²) in [6, 6.07) is 7.99. The lowest BCUT2D eigenvalue weighted by atomic mass is 10.1. The fourth-order valence-corrected chi connectivity index (χ4v) is 2.06. The molecule has 1 aromatic heterocycles. The van der Waals surface area contributed by atoms with Crippen LogP contribution in [0.5, 0.6) is 0 Å². The lowest BCUT2D eigenvalue weighted by molar-refractivity contribution is 0.0598. The zero-order valence-corrected chi connectivity index (χ0v) is 12.2. The van der Waals surface area contributed by atoms with Crippen LogP contribution in [0.3, 0.4) is 0 Å². The number of methoxy groups -OCH3 is 1. The second-order valence-corrected chi connectivity index (χ2v) is 4.77. The van der Waals surface area contributed by atoms with Gasteiger partial charge < -0.3 is 14.4 Å². The lowest BCUT2D eigenvalue weighted by Gasteiger charge is -2.14. The van der Waals surface area contributed by atoms with Crippen molar-refractivity contribution in [2.24, 2.45) is 0 Å². The van der Waals surface area contributed by atoms with Gasteiger partial charge in [-0.25, -0.2) is 9.18 Å². The zero-order valence-electron chi connectivity index (χ0n) is 12.2. The number of pyridine rings is 1. The van der Waals surface area contributed by atoms with Crippen LogP contribution in [0.1, 0.15) is 27.6 Å². The van der Waals surface area contributed by atoms with E-state index in [1.807, 2.05) is 0 Å². The van der Waals surface area contributed by atoms with Crippen molar-refractivity contribution in [3.8, 4) is 6.07 Å². The number of halogens is 1. The summed E-state index contributed by atoms with van der Waals surface area (Å²) in [5.74, 6) is -1.15. The van der Waals surface area contributed by atoms with Gasteiger partial charge in [0, 0.05) is 6.20 Å². The smallest absolute Gasteiger partial charge is 0.339 e. The van der Waals surface area contributed by atoms with Crippen molar-refractivity contribution in [2.75, 3.05) is 7.11 Å². The van der Waals surface area contributed by atoms with Crippen LogP contribution in [-0.2, 0) is 11.3 Å². The summed E-state index contributed by atoms with van der Waals surface area (Å²) in [6.45, 7) is -0.190. The summed E-state index contributed by atoms with van der Waals surface area (Å²) in [4.78, 5) is 23.7. The van der Waals surface area contributed by atoms with Gasteiger partial charge in [0.15, 0.2) is 0 Å². The van der Waals surface area contributed by atoms with Gasteiger partial charge >= 0.3 is 5.97 Å². The highest BCUT2D eigenvalue weighted by Gasteiger charge is 2.15. The van der Waals surface area contributed by atoms with Gasteiger partial charge in [0.2, 0.25) is 0 Å². The van der Waals surface area contributed by atoms with Crippen molar-refractivity contribution in [1.82, 2.24) is 4.57 Å². The Bertz CT molecular complexity index is 821. The number of rotatable bonds is 4. The standard InChI is InChI=1S/C16H13FN2O4/c1-23-16(22)12-6-11(7-18)15(21)19(8-12)9-14(20)10-2-4-13(17)5-3-10/h2-6,8,14,20H,9H2,1H3. The molecule has 23 heavy (non-hydrogen) atoms. The van der Waals surface area contributed by atoms with E-state index in [1.165, 1.54) is 37.6 Å². The van der Waals surface area contributed by atoms with Crippen LogP contribution in [0.25, 0.3) is 0 Å². The molecule has 0 aliphatic heterocycles. The molecule has 0 spiro atoms. The van der Waals surface area contributed by atoms with Crippen LogP contribution in [-0.4, -0.2) is 22.8 Å². The van der Waals surface area contributed by atoms with Crippen molar-refractivity contribution >= 4 is 5.97 Å². The van der Waals surface area contributed by atoms with E-state index in [1.54, 1.807) is 6.07 Å². The predicted octanol–water partition coefficient (Wildman–Crippen LogP) is 1.38. The Labute approximate surface area is 131 Å². The maximum atomic E-state index is 12.9. The van der Waals surface area contributed by atoms with Gasteiger partial charge in [-0.15, -0.1) is 0 Å². The van der Waals surface area contributed by atoms with E-state index < -0.39 is 23.4 Å². The van der Waals surface area contributed by atoms with Crippen molar-refractivity contribution < 1.29 is 19.0 Å². The van der Waals surface area contributed by atoms with E-state index in [4.69, 9.17) is 5.26 Å². The van der Waals surface area contributed by atoms with Crippen LogP contribution in [0, 0.1) is 17.1 Å². The summed E-state index contributed by atoms with van der Waals surface area (Å²) in [5.41, 5.74) is -0.448. The number of nitriles is 1. The second-order valence-electron chi connectivity index (χ2n) is 4.77. The van der Waals surface area contributed by atoms with Gasteiger partial charge in [-0.1, -0.05) is 12.1 Å². The normalized spacial score (nSPS) is 11.6. The van der Waals surface area contributed by atoms with E-state index in [2.05, 4.69) is 4.74 Å². The maximum Gasteiger partial charge on any atom is 0.339 e. The number of carbonyl (C=O) groups excluding carboxylic acids is 1. The summed E-state index contributed by atoms with van der Waals surface area (Å²) in [7, 11) is 1.18. The fraction of sp³-hybridized carbons (Fsp3) is 0.188. The number of aliphatic hydroxyl groups is 1. The molecule has 0 amide bonds. The Balaban J connectivity index is 2.38. The number of ether oxygens (including phenoxy) is 1. The minimum absolute atomic E-state index is 0.0231. The Morgan fingerprint density at radius 1 is 1.43 bits per heavy atom. The van der Waals surface area contributed by atoms with Crippen LogP contribution < -0.4 is 5.56 Å². The van der Waals surface area contributed by atoms with Gasteiger partial charge in [-0.3, -0.25) is 4.79 Å².